The van der Waals surface area contributed by atoms with E-state index in [4.69, 9.17) is 4.98 Å². The fourth-order valence-corrected chi connectivity index (χ4v) is 3.64. The highest BCUT2D eigenvalue weighted by atomic mass is 32.2. The van der Waals surface area contributed by atoms with E-state index < -0.39 is 0 Å². The highest BCUT2D eigenvalue weighted by Crippen LogP contribution is 2.23. The quantitative estimate of drug-likeness (QED) is 0.448. The maximum absolute atomic E-state index is 12.2. The van der Waals surface area contributed by atoms with Gasteiger partial charge in [0.2, 0.25) is 0 Å². The van der Waals surface area contributed by atoms with Gasteiger partial charge in [-0.05, 0) is 52.1 Å². The minimum absolute atomic E-state index is 0.0334. The zero-order chi connectivity index (χ0) is 21.2. The van der Waals surface area contributed by atoms with Crippen molar-refractivity contribution in [3.63, 3.8) is 0 Å². The van der Waals surface area contributed by atoms with E-state index in [9.17, 15) is 4.79 Å². The second-order valence-corrected chi connectivity index (χ2v) is 8.01. The van der Waals surface area contributed by atoms with Crippen molar-refractivity contribution in [1.82, 2.24) is 20.2 Å². The average Bonchev–Trinajstić information content (AvgIpc) is 2.73. The third kappa shape index (κ3) is 7.33. The van der Waals surface area contributed by atoms with Gasteiger partial charge < -0.3 is 15.1 Å². The van der Waals surface area contributed by atoms with E-state index in [-0.39, 0.29) is 5.91 Å². The number of likely N-dealkylation sites (N-methyl/N-ethyl adjacent to an activating group) is 1. The smallest absolute Gasteiger partial charge is 0.251 e. The van der Waals surface area contributed by atoms with Crippen LogP contribution in [0.15, 0.2) is 35.5 Å². The Labute approximate surface area is 179 Å². The van der Waals surface area contributed by atoms with Gasteiger partial charge in [-0.25, -0.2) is 9.97 Å². The molecule has 2 aromatic rings. The summed E-state index contributed by atoms with van der Waals surface area (Å²) in [5, 5.41) is 3.74. The van der Waals surface area contributed by atoms with E-state index in [2.05, 4.69) is 42.0 Å². The summed E-state index contributed by atoms with van der Waals surface area (Å²) in [5.41, 5.74) is 2.90. The monoisotopic (exact) mass is 415 g/mol. The molecule has 0 radical (unpaired) electrons. The fraction of sp³-hybridized carbons (Fsp3) is 0.500. The molecule has 158 valence electrons. The van der Waals surface area contributed by atoms with E-state index in [1.807, 2.05) is 43.3 Å². The summed E-state index contributed by atoms with van der Waals surface area (Å²) in [5.74, 6) is 1.73. The van der Waals surface area contributed by atoms with Crippen molar-refractivity contribution < 1.29 is 4.79 Å². The van der Waals surface area contributed by atoms with Crippen LogP contribution < -0.4 is 10.2 Å². The van der Waals surface area contributed by atoms with E-state index in [1.165, 1.54) is 0 Å². The summed E-state index contributed by atoms with van der Waals surface area (Å²) in [6.45, 7) is 9.73. The number of nitrogens with zero attached hydrogens (tertiary/aromatic N) is 4. The number of hydrogen-bond acceptors (Lipinski definition) is 6. The second-order valence-electron chi connectivity index (χ2n) is 7.07. The molecule has 0 fully saturated rings. The summed E-state index contributed by atoms with van der Waals surface area (Å²) in [4.78, 5) is 25.9. The Morgan fingerprint density at radius 1 is 1.07 bits per heavy atom. The topological polar surface area (TPSA) is 61.4 Å². The summed E-state index contributed by atoms with van der Waals surface area (Å²) < 4.78 is 0. The first-order valence-corrected chi connectivity index (χ1v) is 11.2. The Hall–Kier alpha value is -2.12. The molecule has 0 aliphatic carbocycles. The highest BCUT2D eigenvalue weighted by Gasteiger charge is 2.10. The number of aromatic nitrogens is 2. The number of hydrogen-bond donors (Lipinski definition) is 1. The van der Waals surface area contributed by atoms with Crippen LogP contribution in [0.1, 0.15) is 42.4 Å². The predicted octanol–water partition coefficient (Wildman–Crippen LogP) is 3.47. The van der Waals surface area contributed by atoms with Crippen LogP contribution in [0.4, 0.5) is 5.82 Å². The molecule has 0 aliphatic rings. The van der Waals surface area contributed by atoms with Crippen LogP contribution in [0.5, 0.6) is 0 Å². The molecule has 29 heavy (non-hydrogen) atoms. The normalized spacial score (nSPS) is 11.0. The largest absolute Gasteiger partial charge is 0.357 e. The molecular weight excluding hydrogens is 382 g/mol. The van der Waals surface area contributed by atoms with Crippen LogP contribution in [0.25, 0.3) is 0 Å². The van der Waals surface area contributed by atoms with Crippen LogP contribution in [0.3, 0.4) is 0 Å². The molecule has 1 aromatic heterocycles. The van der Waals surface area contributed by atoms with Crippen LogP contribution >= 0.6 is 11.8 Å². The molecule has 0 bridgehead atoms. The molecule has 0 saturated carbocycles. The Balaban J connectivity index is 1.99. The molecule has 1 aromatic carbocycles. The van der Waals surface area contributed by atoms with Gasteiger partial charge in [0, 0.05) is 49.3 Å². The third-order valence-corrected chi connectivity index (χ3v) is 5.54. The zero-order valence-corrected chi connectivity index (χ0v) is 19.1. The Kier molecular flexibility index (Phi) is 9.41. The van der Waals surface area contributed by atoms with Gasteiger partial charge in [0.25, 0.3) is 5.91 Å². The molecule has 7 heteroatoms. The van der Waals surface area contributed by atoms with Gasteiger partial charge in [0.05, 0.1) is 0 Å². The summed E-state index contributed by atoms with van der Waals surface area (Å²) in [6.07, 6.45) is 0.891. The van der Waals surface area contributed by atoms with Gasteiger partial charge in [-0.2, -0.15) is 0 Å². The number of carbonyl (C=O) groups is 1. The lowest BCUT2D eigenvalue weighted by atomic mass is 10.1. The number of aryl methyl sites for hydroxylation is 1. The lowest BCUT2D eigenvalue weighted by molar-refractivity contribution is 0.0951. The fourth-order valence-electron chi connectivity index (χ4n) is 2.81. The summed E-state index contributed by atoms with van der Waals surface area (Å²) in [6, 6.07) is 9.85. The second kappa shape index (κ2) is 11.8. The van der Waals surface area contributed by atoms with Crippen molar-refractivity contribution in [2.24, 2.45) is 0 Å². The molecule has 0 aliphatic heterocycles. The molecular formula is C22H33N5OS. The van der Waals surface area contributed by atoms with Gasteiger partial charge in [0.1, 0.15) is 5.82 Å². The summed E-state index contributed by atoms with van der Waals surface area (Å²) >= 11 is 1.63. The van der Waals surface area contributed by atoms with Gasteiger partial charge in [-0.3, -0.25) is 4.79 Å². The van der Waals surface area contributed by atoms with Gasteiger partial charge >= 0.3 is 0 Å². The van der Waals surface area contributed by atoms with Crippen molar-refractivity contribution in [2.45, 2.75) is 38.1 Å². The molecule has 0 spiro atoms. The number of nitrogens with one attached hydrogen (secondary N) is 1. The first-order valence-electron chi connectivity index (χ1n) is 10.2. The average molecular weight is 416 g/mol. The van der Waals surface area contributed by atoms with Gasteiger partial charge in [-0.1, -0.05) is 30.8 Å². The van der Waals surface area contributed by atoms with E-state index in [0.29, 0.717) is 12.1 Å². The van der Waals surface area contributed by atoms with Gasteiger partial charge in [-0.15, -0.1) is 0 Å². The Morgan fingerprint density at radius 3 is 2.34 bits per heavy atom. The van der Waals surface area contributed by atoms with Crippen molar-refractivity contribution in [1.29, 1.82) is 0 Å². The predicted molar refractivity (Wildman–Crippen MR) is 122 cm³/mol. The van der Waals surface area contributed by atoms with E-state index in [0.717, 1.165) is 54.0 Å². The minimum atomic E-state index is -0.0334. The highest BCUT2D eigenvalue weighted by molar-refractivity contribution is 7.98. The van der Waals surface area contributed by atoms with Crippen LogP contribution in [0.2, 0.25) is 0 Å². The molecule has 1 heterocycles. The molecule has 1 amide bonds. The molecule has 1 N–H and O–H groups in total. The van der Waals surface area contributed by atoms with E-state index >= 15 is 0 Å². The van der Waals surface area contributed by atoms with Crippen molar-refractivity contribution in [2.75, 3.05) is 45.2 Å². The zero-order valence-electron chi connectivity index (χ0n) is 18.2. The number of amides is 1. The number of rotatable bonds is 11. The molecule has 0 unspecified atom stereocenters. The number of anilines is 1. The van der Waals surface area contributed by atoms with Crippen molar-refractivity contribution in [3.05, 3.63) is 47.2 Å². The van der Waals surface area contributed by atoms with Crippen LogP contribution in [-0.4, -0.2) is 61.0 Å². The van der Waals surface area contributed by atoms with Gasteiger partial charge in [0.15, 0.2) is 5.16 Å². The number of thioether (sulfide) groups is 1. The number of carbonyl (C=O) groups excluding carboxylic acids is 1. The molecule has 0 atom stereocenters. The first-order chi connectivity index (χ1) is 14.0. The van der Waals surface area contributed by atoms with Crippen LogP contribution in [0, 0.1) is 0 Å². The molecule has 6 nitrogen and oxygen atoms in total. The standard InChI is InChI=1S/C22H33N5OS/c1-6-19-15-20(27(7-2)8-3)25-22(24-19)29-16-17-9-11-18(12-10-17)21(28)23-13-14-26(4)5/h9-12,15H,6-8,13-14,16H2,1-5H3,(H,23,28). The Bertz CT molecular complexity index is 775. The SMILES string of the molecule is CCc1cc(N(CC)CC)nc(SCc2ccc(C(=O)NCCN(C)C)cc2)n1. The maximum Gasteiger partial charge on any atom is 0.251 e. The maximum atomic E-state index is 12.2. The minimum Gasteiger partial charge on any atom is -0.357 e. The molecule has 0 saturated heterocycles. The number of benzene rings is 1. The lowest BCUT2D eigenvalue weighted by Gasteiger charge is -2.20. The van der Waals surface area contributed by atoms with Crippen LogP contribution in [-0.2, 0) is 12.2 Å². The third-order valence-electron chi connectivity index (χ3n) is 4.62. The van der Waals surface area contributed by atoms with Crippen molar-refractivity contribution in [3.8, 4) is 0 Å². The summed E-state index contributed by atoms with van der Waals surface area (Å²) in [7, 11) is 3.98. The Morgan fingerprint density at radius 2 is 1.76 bits per heavy atom. The molecule has 2 rings (SSSR count). The van der Waals surface area contributed by atoms with Crippen molar-refractivity contribution >= 4 is 23.5 Å². The first kappa shape index (κ1) is 23.2. The van der Waals surface area contributed by atoms with E-state index in [1.54, 1.807) is 11.8 Å². The lowest BCUT2D eigenvalue weighted by Crippen LogP contribution is -2.31.